The van der Waals surface area contributed by atoms with Gasteiger partial charge in [-0.05, 0) is 46.6 Å². The lowest BCUT2D eigenvalue weighted by Crippen LogP contribution is -2.46. The summed E-state index contributed by atoms with van der Waals surface area (Å²) in [6.45, 7) is 3.45. The summed E-state index contributed by atoms with van der Waals surface area (Å²) in [4.78, 5) is 12.2. The van der Waals surface area contributed by atoms with E-state index in [1.165, 1.54) is 0 Å². The van der Waals surface area contributed by atoms with Crippen LogP contribution in [0.2, 0.25) is 0 Å². The van der Waals surface area contributed by atoms with Crippen LogP contribution in [0.5, 0.6) is 0 Å². The SMILES string of the molecule is CC(C)(CO)NC(=O)c1ccc2ccccc2c1Br. The molecule has 0 atom stereocenters. The van der Waals surface area contributed by atoms with E-state index in [-0.39, 0.29) is 12.5 Å². The third kappa shape index (κ3) is 2.96. The first-order valence-electron chi connectivity index (χ1n) is 6.05. The molecule has 0 bridgehead atoms. The van der Waals surface area contributed by atoms with E-state index in [2.05, 4.69) is 21.2 Å². The first-order valence-corrected chi connectivity index (χ1v) is 6.84. The van der Waals surface area contributed by atoms with Gasteiger partial charge in [0, 0.05) is 4.47 Å². The van der Waals surface area contributed by atoms with E-state index in [0.717, 1.165) is 15.2 Å². The molecule has 2 aromatic rings. The minimum absolute atomic E-state index is 0.107. The number of hydrogen-bond acceptors (Lipinski definition) is 2. The van der Waals surface area contributed by atoms with Gasteiger partial charge >= 0.3 is 0 Å². The van der Waals surface area contributed by atoms with Crippen molar-refractivity contribution in [1.29, 1.82) is 0 Å². The third-order valence-electron chi connectivity index (χ3n) is 2.96. The molecule has 2 N–H and O–H groups in total. The van der Waals surface area contributed by atoms with Crippen molar-refractivity contribution in [2.24, 2.45) is 0 Å². The number of nitrogens with one attached hydrogen (secondary N) is 1. The van der Waals surface area contributed by atoms with Crippen LogP contribution < -0.4 is 5.32 Å². The number of aliphatic hydroxyl groups is 1. The Labute approximate surface area is 120 Å². The van der Waals surface area contributed by atoms with Crippen molar-refractivity contribution < 1.29 is 9.90 Å². The van der Waals surface area contributed by atoms with Crippen LogP contribution >= 0.6 is 15.9 Å². The molecule has 4 heteroatoms. The minimum Gasteiger partial charge on any atom is -0.394 e. The Morgan fingerprint density at radius 1 is 1.26 bits per heavy atom. The fourth-order valence-corrected chi connectivity index (χ4v) is 2.50. The van der Waals surface area contributed by atoms with Crippen LogP contribution in [0.3, 0.4) is 0 Å². The number of amides is 1. The zero-order chi connectivity index (χ0) is 14.0. The molecule has 0 aromatic heterocycles. The van der Waals surface area contributed by atoms with Crippen molar-refractivity contribution in [2.75, 3.05) is 6.61 Å². The summed E-state index contributed by atoms with van der Waals surface area (Å²) >= 11 is 3.49. The van der Waals surface area contributed by atoms with Gasteiger partial charge in [-0.3, -0.25) is 4.79 Å². The van der Waals surface area contributed by atoms with Crippen molar-refractivity contribution >= 4 is 32.6 Å². The maximum absolute atomic E-state index is 12.2. The maximum Gasteiger partial charge on any atom is 0.252 e. The van der Waals surface area contributed by atoms with E-state index < -0.39 is 5.54 Å². The number of aliphatic hydroxyl groups excluding tert-OH is 1. The summed E-state index contributed by atoms with van der Waals surface area (Å²) in [6.07, 6.45) is 0. The number of rotatable bonds is 3. The van der Waals surface area contributed by atoms with Gasteiger partial charge in [-0.2, -0.15) is 0 Å². The molecule has 0 unspecified atom stereocenters. The monoisotopic (exact) mass is 321 g/mol. The van der Waals surface area contributed by atoms with Gasteiger partial charge in [-0.1, -0.05) is 30.3 Å². The predicted octanol–water partition coefficient (Wildman–Crippen LogP) is 3.10. The largest absolute Gasteiger partial charge is 0.394 e. The van der Waals surface area contributed by atoms with E-state index in [4.69, 9.17) is 0 Å². The molecule has 0 aliphatic carbocycles. The molecular weight excluding hydrogens is 306 g/mol. The minimum atomic E-state index is -0.637. The van der Waals surface area contributed by atoms with Gasteiger partial charge in [0.15, 0.2) is 0 Å². The Kier molecular flexibility index (Phi) is 3.92. The van der Waals surface area contributed by atoms with Crippen LogP contribution in [0.25, 0.3) is 10.8 Å². The van der Waals surface area contributed by atoms with Gasteiger partial charge in [-0.25, -0.2) is 0 Å². The zero-order valence-electron chi connectivity index (χ0n) is 10.9. The van der Waals surface area contributed by atoms with Crippen molar-refractivity contribution in [3.63, 3.8) is 0 Å². The molecule has 2 aromatic carbocycles. The Bertz CT molecular complexity index is 623. The van der Waals surface area contributed by atoms with Crippen LogP contribution in [0.4, 0.5) is 0 Å². The number of fused-ring (bicyclic) bond motifs is 1. The second-order valence-corrected chi connectivity index (χ2v) is 5.94. The average Bonchev–Trinajstić information content (AvgIpc) is 2.39. The Balaban J connectivity index is 2.41. The van der Waals surface area contributed by atoms with E-state index >= 15 is 0 Å². The lowest BCUT2D eigenvalue weighted by Gasteiger charge is -2.23. The number of benzene rings is 2. The Morgan fingerprint density at radius 3 is 2.63 bits per heavy atom. The first kappa shape index (κ1) is 14.0. The lowest BCUT2D eigenvalue weighted by molar-refractivity contribution is 0.0868. The summed E-state index contributed by atoms with van der Waals surface area (Å²) in [7, 11) is 0. The molecule has 3 nitrogen and oxygen atoms in total. The molecule has 0 saturated carbocycles. The molecule has 0 aliphatic heterocycles. The van der Waals surface area contributed by atoms with Gasteiger partial charge in [-0.15, -0.1) is 0 Å². The topological polar surface area (TPSA) is 49.3 Å². The van der Waals surface area contributed by atoms with Crippen molar-refractivity contribution in [3.05, 3.63) is 46.4 Å². The van der Waals surface area contributed by atoms with Gasteiger partial charge in [0.2, 0.25) is 0 Å². The van der Waals surface area contributed by atoms with Gasteiger partial charge in [0.25, 0.3) is 5.91 Å². The number of carbonyl (C=O) groups excluding carboxylic acids is 1. The first-order chi connectivity index (χ1) is 8.94. The highest BCUT2D eigenvalue weighted by molar-refractivity contribution is 9.10. The molecule has 1 amide bonds. The van der Waals surface area contributed by atoms with Gasteiger partial charge in [0.1, 0.15) is 0 Å². The smallest absolute Gasteiger partial charge is 0.252 e. The quantitative estimate of drug-likeness (QED) is 0.912. The van der Waals surface area contributed by atoms with Crippen LogP contribution in [0.15, 0.2) is 40.9 Å². The molecule has 0 spiro atoms. The highest BCUT2D eigenvalue weighted by Gasteiger charge is 2.21. The second-order valence-electron chi connectivity index (χ2n) is 5.14. The molecule has 2 rings (SSSR count). The third-order valence-corrected chi connectivity index (χ3v) is 3.81. The van der Waals surface area contributed by atoms with Crippen LogP contribution in [0.1, 0.15) is 24.2 Å². The van der Waals surface area contributed by atoms with Crippen molar-refractivity contribution in [2.45, 2.75) is 19.4 Å². The Hall–Kier alpha value is -1.39. The summed E-state index contributed by atoms with van der Waals surface area (Å²) < 4.78 is 0.775. The molecule has 0 fully saturated rings. The normalized spacial score (nSPS) is 11.6. The van der Waals surface area contributed by atoms with E-state index in [1.54, 1.807) is 19.9 Å². The number of halogens is 1. The summed E-state index contributed by atoms with van der Waals surface area (Å²) in [5, 5.41) is 14.1. The fourth-order valence-electron chi connectivity index (χ4n) is 1.82. The molecule has 0 radical (unpaired) electrons. The maximum atomic E-state index is 12.2. The van der Waals surface area contributed by atoms with Crippen LogP contribution in [0, 0.1) is 0 Å². The molecule has 0 heterocycles. The summed E-state index contributed by atoms with van der Waals surface area (Å²) in [5.74, 6) is -0.198. The molecule has 0 aliphatic rings. The molecular formula is C15H16BrNO2. The average molecular weight is 322 g/mol. The van der Waals surface area contributed by atoms with Crippen molar-refractivity contribution in [1.82, 2.24) is 5.32 Å². The Morgan fingerprint density at radius 2 is 1.95 bits per heavy atom. The lowest BCUT2D eigenvalue weighted by atomic mass is 10.0. The van der Waals surface area contributed by atoms with Gasteiger partial charge < -0.3 is 10.4 Å². The van der Waals surface area contributed by atoms with Crippen molar-refractivity contribution in [3.8, 4) is 0 Å². The summed E-state index contributed by atoms with van der Waals surface area (Å²) in [6, 6.07) is 11.6. The highest BCUT2D eigenvalue weighted by atomic mass is 79.9. The molecule has 0 saturated heterocycles. The van der Waals surface area contributed by atoms with Crippen LogP contribution in [-0.4, -0.2) is 23.2 Å². The predicted molar refractivity (Wildman–Crippen MR) is 80.3 cm³/mol. The summed E-state index contributed by atoms with van der Waals surface area (Å²) in [5.41, 5.74) is -0.0671. The van der Waals surface area contributed by atoms with E-state index in [0.29, 0.717) is 5.56 Å². The van der Waals surface area contributed by atoms with E-state index in [9.17, 15) is 9.90 Å². The molecule has 100 valence electrons. The fraction of sp³-hybridized carbons (Fsp3) is 0.267. The van der Waals surface area contributed by atoms with Crippen LogP contribution in [-0.2, 0) is 0 Å². The second kappa shape index (κ2) is 5.31. The molecule has 19 heavy (non-hydrogen) atoms. The van der Waals surface area contributed by atoms with E-state index in [1.807, 2.05) is 30.3 Å². The standard InChI is InChI=1S/C15H16BrNO2/c1-15(2,9-18)17-14(19)12-8-7-10-5-3-4-6-11(10)13(12)16/h3-8,18H,9H2,1-2H3,(H,17,19). The zero-order valence-corrected chi connectivity index (χ0v) is 12.5. The number of hydrogen-bond donors (Lipinski definition) is 2. The number of carbonyl (C=O) groups is 1. The van der Waals surface area contributed by atoms with Gasteiger partial charge in [0.05, 0.1) is 17.7 Å². The highest BCUT2D eigenvalue weighted by Crippen LogP contribution is 2.27.